The summed E-state index contributed by atoms with van der Waals surface area (Å²) < 4.78 is 14.0. The zero-order valence-corrected chi connectivity index (χ0v) is 20.5. The van der Waals surface area contributed by atoms with Crippen LogP contribution in [0.2, 0.25) is 0 Å². The molecule has 6 nitrogen and oxygen atoms in total. The molecule has 0 saturated heterocycles. The van der Waals surface area contributed by atoms with Gasteiger partial charge in [-0.3, -0.25) is 9.79 Å². The molecule has 3 N–H and O–H groups in total. The second kappa shape index (κ2) is 11.8. The van der Waals surface area contributed by atoms with Crippen LogP contribution >= 0.6 is 24.0 Å². The van der Waals surface area contributed by atoms with Gasteiger partial charge in [-0.2, -0.15) is 0 Å². The van der Waals surface area contributed by atoms with Gasteiger partial charge in [0, 0.05) is 43.7 Å². The molecule has 0 heterocycles. The Morgan fingerprint density at radius 3 is 2.60 bits per heavy atom. The first-order chi connectivity index (χ1) is 13.9. The number of hydrogen-bond acceptors (Lipinski definition) is 3. The van der Waals surface area contributed by atoms with E-state index in [0.717, 1.165) is 50.0 Å². The normalized spacial score (nSPS) is 21.7. The standard InChI is InChI=1S/C22H34FN5O.HI/c1-24-22(25-13-15-7-10-20(23)17(11-15)14-28(2)3)27-19-6-4-5-16(12-19)21(29)26-18-8-9-18;/h7,10-11,16,18-19H,4-6,8-9,12-14H2,1-3H3,(H,26,29)(H2,24,25,27);1H. The van der Waals surface area contributed by atoms with Crippen LogP contribution in [0.5, 0.6) is 0 Å². The number of guanidine groups is 1. The highest BCUT2D eigenvalue weighted by molar-refractivity contribution is 14.0. The number of rotatable bonds is 7. The smallest absolute Gasteiger partial charge is 0.223 e. The van der Waals surface area contributed by atoms with Gasteiger partial charge >= 0.3 is 0 Å². The van der Waals surface area contributed by atoms with E-state index in [1.807, 2.05) is 25.1 Å². The number of hydrogen-bond donors (Lipinski definition) is 3. The molecule has 0 spiro atoms. The number of aliphatic imine (C=N–C) groups is 1. The van der Waals surface area contributed by atoms with Gasteiger partial charge < -0.3 is 20.9 Å². The SMILES string of the molecule is CN=C(NCc1ccc(F)c(CN(C)C)c1)NC1CCCC(C(=O)NC2CC2)C1.I. The molecule has 0 bridgehead atoms. The third kappa shape index (κ3) is 7.68. The van der Waals surface area contributed by atoms with Crippen molar-refractivity contribution < 1.29 is 9.18 Å². The summed E-state index contributed by atoms with van der Waals surface area (Å²) in [4.78, 5) is 18.7. The van der Waals surface area contributed by atoms with Crippen molar-refractivity contribution in [1.82, 2.24) is 20.9 Å². The minimum atomic E-state index is -0.178. The quantitative estimate of drug-likeness (QED) is 0.288. The summed E-state index contributed by atoms with van der Waals surface area (Å²) in [7, 11) is 5.61. The summed E-state index contributed by atoms with van der Waals surface area (Å²) in [6.45, 7) is 1.14. The van der Waals surface area contributed by atoms with Crippen LogP contribution in [0.25, 0.3) is 0 Å². The van der Waals surface area contributed by atoms with E-state index >= 15 is 0 Å². The van der Waals surface area contributed by atoms with E-state index in [9.17, 15) is 9.18 Å². The van der Waals surface area contributed by atoms with Gasteiger partial charge in [-0.15, -0.1) is 24.0 Å². The van der Waals surface area contributed by atoms with Crippen LogP contribution in [0.1, 0.15) is 49.7 Å². The lowest BCUT2D eigenvalue weighted by atomic mass is 9.85. The van der Waals surface area contributed by atoms with Crippen molar-refractivity contribution in [3.05, 3.63) is 35.1 Å². The van der Waals surface area contributed by atoms with Gasteiger partial charge in [-0.25, -0.2) is 4.39 Å². The monoisotopic (exact) mass is 531 g/mol. The van der Waals surface area contributed by atoms with Gasteiger partial charge in [-0.1, -0.05) is 12.5 Å². The highest BCUT2D eigenvalue weighted by atomic mass is 127. The van der Waals surface area contributed by atoms with E-state index in [-0.39, 0.29) is 47.7 Å². The van der Waals surface area contributed by atoms with E-state index in [1.165, 1.54) is 6.07 Å². The summed E-state index contributed by atoms with van der Waals surface area (Å²) in [5.41, 5.74) is 1.70. The molecule has 1 aromatic carbocycles. The Balaban J connectivity index is 0.00000320. The Labute approximate surface area is 196 Å². The third-order valence-corrected chi connectivity index (χ3v) is 5.59. The number of nitrogens with zero attached hydrogens (tertiary/aromatic N) is 2. The molecule has 1 aromatic rings. The van der Waals surface area contributed by atoms with Crippen molar-refractivity contribution in [1.29, 1.82) is 0 Å². The fourth-order valence-corrected chi connectivity index (χ4v) is 3.88. The van der Waals surface area contributed by atoms with Gasteiger partial charge in [0.1, 0.15) is 5.82 Å². The summed E-state index contributed by atoms with van der Waals surface area (Å²) >= 11 is 0. The van der Waals surface area contributed by atoms with Crippen LogP contribution in [0.15, 0.2) is 23.2 Å². The van der Waals surface area contributed by atoms with E-state index < -0.39 is 0 Å². The molecule has 0 aliphatic heterocycles. The fraction of sp³-hybridized carbons (Fsp3) is 0.636. The molecular formula is C22H35FIN5O. The second-order valence-corrected chi connectivity index (χ2v) is 8.58. The van der Waals surface area contributed by atoms with E-state index in [0.29, 0.717) is 24.7 Å². The largest absolute Gasteiger partial charge is 0.354 e. The number of benzene rings is 1. The predicted molar refractivity (Wildman–Crippen MR) is 129 cm³/mol. The zero-order valence-electron chi connectivity index (χ0n) is 18.2. The number of carbonyl (C=O) groups is 1. The summed E-state index contributed by atoms with van der Waals surface area (Å²) in [6, 6.07) is 5.87. The molecule has 2 fully saturated rings. The van der Waals surface area contributed by atoms with Gasteiger partial charge in [-0.05, 0) is 63.9 Å². The Bertz CT molecular complexity index is 738. The van der Waals surface area contributed by atoms with E-state index in [2.05, 4.69) is 20.9 Å². The topological polar surface area (TPSA) is 68.8 Å². The van der Waals surface area contributed by atoms with Crippen molar-refractivity contribution in [3.63, 3.8) is 0 Å². The lowest BCUT2D eigenvalue weighted by molar-refractivity contribution is -0.126. The second-order valence-electron chi connectivity index (χ2n) is 8.58. The predicted octanol–water partition coefficient (Wildman–Crippen LogP) is 3.01. The first kappa shape index (κ1) is 24.8. The molecule has 0 aromatic heterocycles. The van der Waals surface area contributed by atoms with Crippen LogP contribution in [0, 0.1) is 11.7 Å². The van der Waals surface area contributed by atoms with E-state index in [1.54, 1.807) is 13.1 Å². The van der Waals surface area contributed by atoms with Crippen LogP contribution < -0.4 is 16.0 Å². The van der Waals surface area contributed by atoms with E-state index in [4.69, 9.17) is 0 Å². The van der Waals surface area contributed by atoms with Crippen LogP contribution in [0.4, 0.5) is 4.39 Å². The lowest BCUT2D eigenvalue weighted by Crippen LogP contribution is -2.47. The molecule has 2 unspecified atom stereocenters. The van der Waals surface area contributed by atoms with Crippen LogP contribution in [-0.4, -0.2) is 50.0 Å². The molecule has 2 aliphatic rings. The van der Waals surface area contributed by atoms with Crippen molar-refractivity contribution in [2.75, 3.05) is 21.1 Å². The molecule has 3 rings (SSSR count). The van der Waals surface area contributed by atoms with Crippen molar-refractivity contribution in [3.8, 4) is 0 Å². The van der Waals surface area contributed by atoms with Crippen LogP contribution in [-0.2, 0) is 17.9 Å². The minimum Gasteiger partial charge on any atom is -0.354 e. The van der Waals surface area contributed by atoms with Crippen molar-refractivity contribution in [2.45, 2.75) is 63.7 Å². The molecule has 1 amide bonds. The fourth-order valence-electron chi connectivity index (χ4n) is 3.88. The summed E-state index contributed by atoms with van der Waals surface area (Å²) in [6.07, 6.45) is 6.13. The van der Waals surface area contributed by atoms with Gasteiger partial charge in [0.05, 0.1) is 0 Å². The van der Waals surface area contributed by atoms with Crippen molar-refractivity contribution >= 4 is 35.8 Å². The number of halogens is 2. The Kier molecular flexibility index (Phi) is 9.80. The number of amides is 1. The van der Waals surface area contributed by atoms with Gasteiger partial charge in [0.2, 0.25) is 5.91 Å². The average Bonchev–Trinajstić information content (AvgIpc) is 3.51. The molecule has 0 radical (unpaired) electrons. The third-order valence-electron chi connectivity index (χ3n) is 5.59. The summed E-state index contributed by atoms with van der Waals surface area (Å²) in [5.74, 6) is 0.840. The lowest BCUT2D eigenvalue weighted by Gasteiger charge is -2.30. The summed E-state index contributed by atoms with van der Waals surface area (Å²) in [5, 5.41) is 9.92. The molecule has 2 atom stereocenters. The Hall–Kier alpha value is -1.42. The maximum absolute atomic E-state index is 14.0. The first-order valence-electron chi connectivity index (χ1n) is 10.6. The van der Waals surface area contributed by atoms with Gasteiger partial charge in [0.15, 0.2) is 5.96 Å². The zero-order chi connectivity index (χ0) is 20.8. The Morgan fingerprint density at radius 1 is 1.17 bits per heavy atom. The van der Waals surface area contributed by atoms with Gasteiger partial charge in [0.25, 0.3) is 0 Å². The van der Waals surface area contributed by atoms with Crippen molar-refractivity contribution in [2.24, 2.45) is 10.9 Å². The molecular weight excluding hydrogens is 496 g/mol. The molecule has 30 heavy (non-hydrogen) atoms. The molecule has 2 aliphatic carbocycles. The molecule has 8 heteroatoms. The first-order valence-corrected chi connectivity index (χ1v) is 10.6. The maximum Gasteiger partial charge on any atom is 0.223 e. The average molecular weight is 531 g/mol. The maximum atomic E-state index is 14.0. The molecule has 168 valence electrons. The minimum absolute atomic E-state index is 0. The molecule has 2 saturated carbocycles. The highest BCUT2D eigenvalue weighted by Gasteiger charge is 2.31. The Morgan fingerprint density at radius 2 is 1.93 bits per heavy atom. The highest BCUT2D eigenvalue weighted by Crippen LogP contribution is 2.26. The van der Waals surface area contributed by atoms with Crippen LogP contribution in [0.3, 0.4) is 0 Å². The number of carbonyl (C=O) groups excluding carboxylic acids is 1. The number of nitrogens with one attached hydrogen (secondary N) is 3.